The molecule has 0 saturated heterocycles. The highest BCUT2D eigenvalue weighted by Gasteiger charge is 2.14. The van der Waals surface area contributed by atoms with E-state index in [-0.39, 0.29) is 6.01 Å². The predicted octanol–water partition coefficient (Wildman–Crippen LogP) is 7.49. The van der Waals surface area contributed by atoms with Crippen LogP contribution in [0.5, 0.6) is 17.5 Å². The van der Waals surface area contributed by atoms with Gasteiger partial charge in [-0.1, -0.05) is 54.6 Å². The van der Waals surface area contributed by atoms with Crippen molar-refractivity contribution in [3.05, 3.63) is 115 Å². The Kier molecular flexibility index (Phi) is 7.87. The lowest BCUT2D eigenvalue weighted by molar-refractivity contribution is 0.317. The van der Waals surface area contributed by atoms with Gasteiger partial charge in [-0.2, -0.15) is 20.2 Å². The van der Waals surface area contributed by atoms with Crippen LogP contribution in [-0.2, 0) is 0 Å². The summed E-state index contributed by atoms with van der Waals surface area (Å²) < 4.78 is 12.1. The number of aromatic amines is 1. The van der Waals surface area contributed by atoms with Gasteiger partial charge in [0.15, 0.2) is 11.5 Å². The van der Waals surface area contributed by atoms with Crippen LogP contribution in [-0.4, -0.2) is 31.5 Å². The molecule has 4 aromatic carbocycles. The van der Waals surface area contributed by atoms with Crippen LogP contribution >= 0.6 is 0 Å². The van der Waals surface area contributed by atoms with Gasteiger partial charge in [0.1, 0.15) is 11.9 Å². The monoisotopic (exact) mass is 566 g/mol. The molecule has 0 radical (unpaired) electrons. The van der Waals surface area contributed by atoms with E-state index >= 15 is 0 Å². The topological polar surface area (TPSA) is 134 Å². The van der Waals surface area contributed by atoms with Gasteiger partial charge in [-0.25, -0.2) is 4.98 Å². The molecule has 10 heteroatoms. The Morgan fingerprint density at radius 2 is 1.44 bits per heavy atom. The van der Waals surface area contributed by atoms with Crippen molar-refractivity contribution >= 4 is 46.0 Å². The van der Waals surface area contributed by atoms with Crippen LogP contribution in [0, 0.1) is 11.3 Å². The first kappa shape index (κ1) is 27.0. The number of hydrogen-bond acceptors (Lipinski definition) is 9. The van der Waals surface area contributed by atoms with E-state index in [1.807, 2.05) is 97.9 Å². The Hall–Kier alpha value is -6.21. The molecule has 0 bridgehead atoms. The summed E-state index contributed by atoms with van der Waals surface area (Å²) in [6.45, 7) is 2.28. The lowest BCUT2D eigenvalue weighted by Gasteiger charge is -2.13. The summed E-state index contributed by atoms with van der Waals surface area (Å²) in [5.41, 5.74) is 4.40. The third-order valence-electron chi connectivity index (χ3n) is 6.22. The molecule has 2 aromatic heterocycles. The number of fused-ring (bicyclic) bond motifs is 1. The van der Waals surface area contributed by atoms with Crippen LogP contribution < -0.4 is 20.1 Å². The van der Waals surface area contributed by atoms with E-state index in [0.717, 1.165) is 28.0 Å². The SMILES string of the molecule is CCOc1cc(C=C(C#N)c2nc3ccccc3[nH]2)ccc1Oc1nc(Nc2ccccc2)nc(Nc2ccccc2)n1. The molecule has 6 aromatic rings. The van der Waals surface area contributed by atoms with Gasteiger partial charge >= 0.3 is 6.01 Å². The number of nitrogens with zero attached hydrogens (tertiary/aromatic N) is 5. The number of para-hydroxylation sites is 4. The van der Waals surface area contributed by atoms with Gasteiger partial charge in [0, 0.05) is 11.4 Å². The number of H-pyrrole nitrogens is 1. The van der Waals surface area contributed by atoms with Crippen molar-refractivity contribution in [1.82, 2.24) is 24.9 Å². The molecule has 0 unspecified atom stereocenters. The molecule has 2 heterocycles. The number of nitrogens with one attached hydrogen (secondary N) is 3. The van der Waals surface area contributed by atoms with E-state index < -0.39 is 0 Å². The number of hydrogen-bond donors (Lipinski definition) is 3. The molecule has 6 rings (SSSR count). The Balaban J connectivity index is 1.31. The number of benzene rings is 4. The predicted molar refractivity (Wildman–Crippen MR) is 167 cm³/mol. The van der Waals surface area contributed by atoms with Crippen molar-refractivity contribution < 1.29 is 9.47 Å². The minimum absolute atomic E-state index is 0.0658. The lowest BCUT2D eigenvalue weighted by Crippen LogP contribution is -2.06. The molecule has 0 aliphatic carbocycles. The van der Waals surface area contributed by atoms with Gasteiger partial charge in [0.25, 0.3) is 0 Å². The summed E-state index contributed by atoms with van der Waals surface area (Å²) in [4.78, 5) is 21.3. The highest BCUT2D eigenvalue weighted by molar-refractivity contribution is 5.90. The van der Waals surface area contributed by atoms with Crippen LogP contribution in [0.25, 0.3) is 22.7 Å². The second-order valence-electron chi connectivity index (χ2n) is 9.26. The molecule has 43 heavy (non-hydrogen) atoms. The van der Waals surface area contributed by atoms with E-state index in [1.54, 1.807) is 18.2 Å². The minimum Gasteiger partial charge on any atom is -0.490 e. The molecule has 210 valence electrons. The van der Waals surface area contributed by atoms with Crippen molar-refractivity contribution in [3.63, 3.8) is 0 Å². The Morgan fingerprint density at radius 3 is 2.07 bits per heavy atom. The van der Waals surface area contributed by atoms with Gasteiger partial charge in [-0.05, 0) is 67.1 Å². The first-order valence-electron chi connectivity index (χ1n) is 13.6. The van der Waals surface area contributed by atoms with Crippen LogP contribution in [0.4, 0.5) is 23.3 Å². The number of nitriles is 1. The number of allylic oxidation sites excluding steroid dienone is 1. The van der Waals surface area contributed by atoms with E-state index in [0.29, 0.717) is 41.4 Å². The number of aromatic nitrogens is 5. The largest absolute Gasteiger partial charge is 0.490 e. The maximum absolute atomic E-state index is 9.88. The molecule has 10 nitrogen and oxygen atoms in total. The van der Waals surface area contributed by atoms with Crippen LogP contribution in [0.3, 0.4) is 0 Å². The van der Waals surface area contributed by atoms with E-state index in [2.05, 4.69) is 41.6 Å². The molecule has 0 saturated carbocycles. The fourth-order valence-corrected chi connectivity index (χ4v) is 4.28. The van der Waals surface area contributed by atoms with Gasteiger partial charge in [0.05, 0.1) is 23.2 Å². The minimum atomic E-state index is 0.0658. The Morgan fingerprint density at radius 1 is 0.791 bits per heavy atom. The molecular weight excluding hydrogens is 540 g/mol. The molecule has 3 N–H and O–H groups in total. The summed E-state index contributed by atoms with van der Waals surface area (Å²) in [6, 6.07) is 34.5. The number of ether oxygens (including phenoxy) is 2. The van der Waals surface area contributed by atoms with Crippen molar-refractivity contribution in [2.75, 3.05) is 17.2 Å². The molecule has 0 aliphatic heterocycles. The zero-order valence-electron chi connectivity index (χ0n) is 23.2. The van der Waals surface area contributed by atoms with Gasteiger partial charge < -0.3 is 25.1 Å². The van der Waals surface area contributed by atoms with E-state index in [4.69, 9.17) is 9.47 Å². The van der Waals surface area contributed by atoms with E-state index in [9.17, 15) is 5.26 Å². The summed E-state index contributed by atoms with van der Waals surface area (Å²) >= 11 is 0. The maximum Gasteiger partial charge on any atom is 0.328 e. The van der Waals surface area contributed by atoms with Crippen molar-refractivity contribution in [3.8, 4) is 23.6 Å². The molecule has 0 atom stereocenters. The van der Waals surface area contributed by atoms with Gasteiger partial charge in [0.2, 0.25) is 11.9 Å². The van der Waals surface area contributed by atoms with Gasteiger partial charge in [-0.15, -0.1) is 0 Å². The first-order chi connectivity index (χ1) is 21.2. The second kappa shape index (κ2) is 12.5. The third kappa shape index (κ3) is 6.58. The molecule has 0 fully saturated rings. The van der Waals surface area contributed by atoms with E-state index in [1.165, 1.54) is 0 Å². The average molecular weight is 567 g/mol. The zero-order valence-corrected chi connectivity index (χ0v) is 23.2. The Bertz CT molecular complexity index is 1840. The van der Waals surface area contributed by atoms with Crippen molar-refractivity contribution in [2.45, 2.75) is 6.92 Å². The summed E-state index contributed by atoms with van der Waals surface area (Å²) in [7, 11) is 0. The standard InChI is InChI=1S/C33H26N8O2/c1-2-42-29-20-22(19-23(21-34)30-37-26-15-9-10-16-27(26)38-30)17-18-28(29)43-33-40-31(35-24-11-5-3-6-12-24)39-32(41-33)36-25-13-7-4-8-14-25/h3-20H,2H2,1H3,(H,37,38)(H2,35,36,39,40,41). The number of rotatable bonds is 10. The molecule has 0 spiro atoms. The lowest BCUT2D eigenvalue weighted by atomic mass is 10.1. The highest BCUT2D eigenvalue weighted by Crippen LogP contribution is 2.33. The van der Waals surface area contributed by atoms with Crippen LogP contribution in [0.2, 0.25) is 0 Å². The van der Waals surface area contributed by atoms with Gasteiger partial charge in [-0.3, -0.25) is 0 Å². The first-order valence-corrected chi connectivity index (χ1v) is 13.6. The normalized spacial score (nSPS) is 11.1. The quantitative estimate of drug-likeness (QED) is 0.144. The van der Waals surface area contributed by atoms with Crippen molar-refractivity contribution in [1.29, 1.82) is 5.26 Å². The Labute approximate surface area is 247 Å². The zero-order chi connectivity index (χ0) is 29.4. The second-order valence-corrected chi connectivity index (χ2v) is 9.26. The number of anilines is 4. The van der Waals surface area contributed by atoms with Crippen LogP contribution in [0.1, 0.15) is 18.3 Å². The highest BCUT2D eigenvalue weighted by atomic mass is 16.5. The average Bonchev–Trinajstić information content (AvgIpc) is 3.46. The molecule has 0 aliphatic rings. The summed E-state index contributed by atoms with van der Waals surface area (Å²) in [6.07, 6.45) is 1.75. The molecular formula is C33H26N8O2. The smallest absolute Gasteiger partial charge is 0.328 e. The summed E-state index contributed by atoms with van der Waals surface area (Å²) in [5, 5.41) is 16.3. The van der Waals surface area contributed by atoms with Crippen LogP contribution in [0.15, 0.2) is 103 Å². The third-order valence-corrected chi connectivity index (χ3v) is 6.22. The molecule has 0 amide bonds. The fourth-order valence-electron chi connectivity index (χ4n) is 4.28. The fraction of sp³-hybridized carbons (Fsp3) is 0.0606. The summed E-state index contributed by atoms with van der Waals surface area (Å²) in [5.74, 6) is 1.97. The van der Waals surface area contributed by atoms with Crippen molar-refractivity contribution in [2.24, 2.45) is 0 Å². The maximum atomic E-state index is 9.88. The number of imidazole rings is 1.